The Morgan fingerprint density at radius 2 is 1.95 bits per heavy atom. The normalized spacial score (nSPS) is 17.7. The van der Waals surface area contributed by atoms with Crippen LogP contribution in [0.25, 0.3) is 0 Å². The van der Waals surface area contributed by atoms with Crippen LogP contribution in [0.3, 0.4) is 0 Å². The molecule has 0 unspecified atom stereocenters. The molecule has 2 aliphatic rings. The summed E-state index contributed by atoms with van der Waals surface area (Å²) < 4.78 is 0. The molecule has 1 amide bonds. The van der Waals surface area contributed by atoms with Crippen molar-refractivity contribution < 1.29 is 4.79 Å². The van der Waals surface area contributed by atoms with E-state index in [4.69, 9.17) is 5.84 Å². The third-order valence-electron chi connectivity index (χ3n) is 3.60. The molecule has 0 aromatic carbocycles. The van der Waals surface area contributed by atoms with Crippen LogP contribution in [0.1, 0.15) is 43.0 Å². The van der Waals surface area contributed by atoms with E-state index in [2.05, 4.69) is 26.0 Å². The van der Waals surface area contributed by atoms with Gasteiger partial charge in [-0.25, -0.2) is 15.8 Å². The first-order valence-electron chi connectivity index (χ1n) is 7.05. The molecule has 5 N–H and O–H groups in total. The summed E-state index contributed by atoms with van der Waals surface area (Å²) in [5, 5.41) is 6.02. The van der Waals surface area contributed by atoms with Crippen molar-refractivity contribution in [1.29, 1.82) is 0 Å². The second-order valence-electron chi connectivity index (χ2n) is 5.52. The minimum atomic E-state index is 0.000687. The Labute approximate surface area is 117 Å². The van der Waals surface area contributed by atoms with Crippen molar-refractivity contribution in [1.82, 2.24) is 15.3 Å². The fraction of sp³-hybridized carbons (Fsp3) is 0.615. The highest BCUT2D eigenvalue weighted by Crippen LogP contribution is 2.39. The number of hydrogen-bond donors (Lipinski definition) is 4. The van der Waals surface area contributed by atoms with Crippen LogP contribution in [0.15, 0.2) is 0 Å². The fourth-order valence-corrected chi connectivity index (χ4v) is 2.04. The number of aromatic nitrogens is 2. The Bertz CT molecular complexity index is 524. The van der Waals surface area contributed by atoms with Gasteiger partial charge in [-0.3, -0.25) is 4.79 Å². The summed E-state index contributed by atoms with van der Waals surface area (Å²) in [5.41, 5.74) is 3.43. The summed E-state index contributed by atoms with van der Waals surface area (Å²) in [6.45, 7) is 2.11. The van der Waals surface area contributed by atoms with Crippen LogP contribution in [0.5, 0.6) is 0 Å². The molecule has 0 spiro atoms. The van der Waals surface area contributed by atoms with Gasteiger partial charge < -0.3 is 16.1 Å². The summed E-state index contributed by atoms with van der Waals surface area (Å²) >= 11 is 0. The smallest absolute Gasteiger partial charge is 0.239 e. The number of nitrogens with zero attached hydrogens (tertiary/aromatic N) is 2. The van der Waals surface area contributed by atoms with Gasteiger partial charge >= 0.3 is 0 Å². The lowest BCUT2D eigenvalue weighted by atomic mass is 10.3. The maximum Gasteiger partial charge on any atom is 0.239 e. The zero-order valence-corrected chi connectivity index (χ0v) is 11.6. The highest BCUT2D eigenvalue weighted by Gasteiger charge is 2.28. The van der Waals surface area contributed by atoms with E-state index in [1.165, 1.54) is 0 Å². The zero-order valence-electron chi connectivity index (χ0n) is 11.6. The summed E-state index contributed by atoms with van der Waals surface area (Å²) in [5.74, 6) is 8.02. The highest BCUT2D eigenvalue weighted by atomic mass is 16.2. The number of rotatable bonds is 6. The standard InChI is InChI=1S/C13H20N6O/c1-7-11(15-6-10(20)16-9-4-5-9)17-13(8-2-3-8)18-12(7)19-14/h8-9H,2-6,14H2,1H3,(H,16,20)(H2,15,17,18,19). The number of hydrazine groups is 1. The molecule has 3 rings (SSSR count). The zero-order chi connectivity index (χ0) is 14.1. The first-order chi connectivity index (χ1) is 9.67. The molecule has 1 aromatic rings. The van der Waals surface area contributed by atoms with Crippen LogP contribution in [0.2, 0.25) is 0 Å². The quantitative estimate of drug-likeness (QED) is 0.449. The van der Waals surface area contributed by atoms with Gasteiger partial charge in [-0.15, -0.1) is 0 Å². The van der Waals surface area contributed by atoms with Crippen LogP contribution in [-0.2, 0) is 4.79 Å². The van der Waals surface area contributed by atoms with Crippen LogP contribution < -0.4 is 21.9 Å². The molecule has 0 bridgehead atoms. The Kier molecular flexibility index (Phi) is 3.43. The van der Waals surface area contributed by atoms with Crippen LogP contribution >= 0.6 is 0 Å². The molecule has 2 saturated carbocycles. The van der Waals surface area contributed by atoms with Crippen LogP contribution in [-0.4, -0.2) is 28.5 Å². The number of hydrogen-bond acceptors (Lipinski definition) is 6. The summed E-state index contributed by atoms with van der Waals surface area (Å²) in [7, 11) is 0. The average molecular weight is 276 g/mol. The molecule has 0 aliphatic heterocycles. The van der Waals surface area contributed by atoms with Gasteiger partial charge in [0.05, 0.1) is 6.54 Å². The van der Waals surface area contributed by atoms with Gasteiger partial charge in [-0.1, -0.05) is 0 Å². The van der Waals surface area contributed by atoms with Gasteiger partial charge in [-0.2, -0.15) is 0 Å². The Balaban J connectivity index is 1.69. The third kappa shape index (κ3) is 2.98. The number of nitrogens with one attached hydrogen (secondary N) is 3. The lowest BCUT2D eigenvalue weighted by Gasteiger charge is -2.13. The van der Waals surface area contributed by atoms with E-state index >= 15 is 0 Å². The predicted octanol–water partition coefficient (Wildman–Crippen LogP) is 0.639. The second kappa shape index (κ2) is 5.24. The number of nitrogens with two attached hydrogens (primary N) is 1. The number of carbonyl (C=O) groups excluding carboxylic acids is 1. The lowest BCUT2D eigenvalue weighted by molar-refractivity contribution is -0.119. The largest absolute Gasteiger partial charge is 0.361 e. The van der Waals surface area contributed by atoms with E-state index in [-0.39, 0.29) is 12.5 Å². The van der Waals surface area contributed by atoms with Gasteiger partial charge in [-0.05, 0) is 32.6 Å². The number of carbonyl (C=O) groups is 1. The van der Waals surface area contributed by atoms with E-state index in [1.807, 2.05) is 6.92 Å². The minimum Gasteiger partial charge on any atom is -0.361 e. The maximum atomic E-state index is 11.7. The molecule has 2 fully saturated rings. The summed E-state index contributed by atoms with van der Waals surface area (Å²) in [4.78, 5) is 20.6. The molecule has 0 atom stereocenters. The molecule has 0 radical (unpaired) electrons. The van der Waals surface area contributed by atoms with Gasteiger partial charge in [0.1, 0.15) is 17.5 Å². The molecule has 2 aliphatic carbocycles. The van der Waals surface area contributed by atoms with E-state index in [1.54, 1.807) is 0 Å². The Morgan fingerprint density at radius 3 is 2.55 bits per heavy atom. The van der Waals surface area contributed by atoms with Crippen molar-refractivity contribution in [3.8, 4) is 0 Å². The molecule has 7 heteroatoms. The van der Waals surface area contributed by atoms with Crippen molar-refractivity contribution in [3.05, 3.63) is 11.4 Å². The van der Waals surface area contributed by atoms with Gasteiger partial charge in [0.25, 0.3) is 0 Å². The van der Waals surface area contributed by atoms with Crippen molar-refractivity contribution in [2.75, 3.05) is 17.3 Å². The fourth-order valence-electron chi connectivity index (χ4n) is 2.04. The highest BCUT2D eigenvalue weighted by molar-refractivity contribution is 5.81. The van der Waals surface area contributed by atoms with Crippen molar-refractivity contribution in [2.24, 2.45) is 5.84 Å². The molecule has 0 saturated heterocycles. The third-order valence-corrected chi connectivity index (χ3v) is 3.60. The van der Waals surface area contributed by atoms with Crippen molar-refractivity contribution in [2.45, 2.75) is 44.6 Å². The Morgan fingerprint density at radius 1 is 1.25 bits per heavy atom. The maximum absolute atomic E-state index is 11.7. The van der Waals surface area contributed by atoms with Crippen molar-refractivity contribution in [3.63, 3.8) is 0 Å². The molecule has 108 valence electrons. The first kappa shape index (κ1) is 13.1. The van der Waals surface area contributed by atoms with E-state index in [0.717, 1.165) is 37.1 Å². The molecular formula is C13H20N6O. The second-order valence-corrected chi connectivity index (χ2v) is 5.52. The van der Waals surface area contributed by atoms with E-state index in [0.29, 0.717) is 23.6 Å². The van der Waals surface area contributed by atoms with E-state index in [9.17, 15) is 4.79 Å². The summed E-state index contributed by atoms with van der Waals surface area (Å²) in [6.07, 6.45) is 4.42. The summed E-state index contributed by atoms with van der Waals surface area (Å²) in [6, 6.07) is 0.374. The lowest BCUT2D eigenvalue weighted by Crippen LogP contribution is -2.31. The monoisotopic (exact) mass is 276 g/mol. The van der Waals surface area contributed by atoms with Gasteiger partial charge in [0.2, 0.25) is 5.91 Å². The number of nitrogen functional groups attached to an aromatic ring is 1. The van der Waals surface area contributed by atoms with Crippen molar-refractivity contribution >= 4 is 17.5 Å². The average Bonchev–Trinajstić information content (AvgIpc) is 3.30. The predicted molar refractivity (Wildman–Crippen MR) is 76.2 cm³/mol. The molecule has 1 aromatic heterocycles. The minimum absolute atomic E-state index is 0.000687. The number of amides is 1. The topological polar surface area (TPSA) is 105 Å². The molecule has 20 heavy (non-hydrogen) atoms. The van der Waals surface area contributed by atoms with Gasteiger partial charge in [0.15, 0.2) is 0 Å². The SMILES string of the molecule is Cc1c(NN)nc(C2CC2)nc1NCC(=O)NC1CC1. The Hall–Kier alpha value is -1.89. The van der Waals surface area contributed by atoms with Crippen LogP contribution in [0, 0.1) is 6.92 Å². The first-order valence-corrected chi connectivity index (χ1v) is 7.05. The van der Waals surface area contributed by atoms with E-state index < -0.39 is 0 Å². The molecule has 1 heterocycles. The van der Waals surface area contributed by atoms with Gasteiger partial charge in [0, 0.05) is 17.5 Å². The molecule has 7 nitrogen and oxygen atoms in total. The molecular weight excluding hydrogens is 256 g/mol. The number of anilines is 2. The van der Waals surface area contributed by atoms with Crippen LogP contribution in [0.4, 0.5) is 11.6 Å².